The number of nitrogens with zero attached hydrogens (tertiary/aromatic N) is 5. The number of amides is 3. The fourth-order valence-corrected chi connectivity index (χ4v) is 4.60. The van der Waals surface area contributed by atoms with E-state index in [0.717, 1.165) is 0 Å². The van der Waals surface area contributed by atoms with Crippen molar-refractivity contribution in [3.63, 3.8) is 0 Å². The third kappa shape index (κ3) is 6.13. The van der Waals surface area contributed by atoms with Crippen molar-refractivity contribution in [1.82, 2.24) is 25.1 Å². The van der Waals surface area contributed by atoms with E-state index < -0.39 is 11.9 Å². The molecule has 0 aliphatic carbocycles. The lowest BCUT2D eigenvalue weighted by Gasteiger charge is -2.38. The van der Waals surface area contributed by atoms with Gasteiger partial charge >= 0.3 is 0 Å². The lowest BCUT2D eigenvalue weighted by atomic mass is 10.1. The Kier molecular flexibility index (Phi) is 7.81. The van der Waals surface area contributed by atoms with Crippen LogP contribution in [0.2, 0.25) is 10.0 Å². The average molecular weight is 506 g/mol. The van der Waals surface area contributed by atoms with Gasteiger partial charge in [0, 0.05) is 67.4 Å². The number of rotatable bonds is 6. The van der Waals surface area contributed by atoms with Crippen LogP contribution in [-0.4, -0.2) is 89.3 Å². The van der Waals surface area contributed by atoms with E-state index in [1.807, 2.05) is 4.90 Å². The van der Waals surface area contributed by atoms with Gasteiger partial charge in [0.15, 0.2) is 0 Å². The highest BCUT2D eigenvalue weighted by atomic mass is 35.5. The molecule has 2 fully saturated rings. The predicted octanol–water partition coefficient (Wildman–Crippen LogP) is 1.26. The average Bonchev–Trinajstić information content (AvgIpc) is 2.80. The second kappa shape index (κ2) is 11.0. The topological polar surface area (TPSA) is 111 Å². The second-order valence-electron chi connectivity index (χ2n) is 8.12. The Morgan fingerprint density at radius 3 is 2.38 bits per heavy atom. The molecule has 0 radical (unpaired) electrons. The van der Waals surface area contributed by atoms with Gasteiger partial charge in [-0.2, -0.15) is 0 Å². The maximum atomic E-state index is 13.1. The second-order valence-corrected chi connectivity index (χ2v) is 8.99. The molecule has 2 N–H and O–H groups in total. The first-order chi connectivity index (χ1) is 16.4. The lowest BCUT2D eigenvalue weighted by molar-refractivity contribution is -0.145. The molecule has 2 aliphatic heterocycles. The van der Waals surface area contributed by atoms with E-state index in [0.29, 0.717) is 60.9 Å². The predicted molar refractivity (Wildman–Crippen MR) is 129 cm³/mol. The van der Waals surface area contributed by atoms with Crippen LogP contribution in [0.25, 0.3) is 0 Å². The number of benzene rings is 1. The molecule has 2 aromatic rings. The summed E-state index contributed by atoms with van der Waals surface area (Å²) in [6.07, 6.45) is 3.24. The van der Waals surface area contributed by atoms with Gasteiger partial charge in [-0.3, -0.25) is 19.3 Å². The molecule has 4 rings (SSSR count). The summed E-state index contributed by atoms with van der Waals surface area (Å²) in [5.74, 6) is -0.254. The van der Waals surface area contributed by atoms with Gasteiger partial charge < -0.3 is 20.4 Å². The molecule has 2 saturated heterocycles. The largest absolute Gasteiger partial charge is 0.353 e. The van der Waals surface area contributed by atoms with E-state index >= 15 is 0 Å². The summed E-state index contributed by atoms with van der Waals surface area (Å²) in [4.78, 5) is 52.4. The van der Waals surface area contributed by atoms with Crippen LogP contribution in [0.3, 0.4) is 0 Å². The molecule has 12 heteroatoms. The number of aromatic nitrogens is 2. The number of carbonyl (C=O) groups excluding carboxylic acids is 3. The molecule has 10 nitrogen and oxygen atoms in total. The molecule has 1 aromatic carbocycles. The van der Waals surface area contributed by atoms with Gasteiger partial charge in [-0.25, -0.2) is 9.97 Å². The summed E-state index contributed by atoms with van der Waals surface area (Å²) in [6.45, 7) is 3.63. The smallest absolute Gasteiger partial charge is 0.243 e. The fraction of sp³-hybridized carbons (Fsp3) is 0.409. The Labute approximate surface area is 207 Å². The third-order valence-electron chi connectivity index (χ3n) is 5.74. The van der Waals surface area contributed by atoms with Crippen LogP contribution in [0.5, 0.6) is 0 Å². The van der Waals surface area contributed by atoms with Crippen molar-refractivity contribution >= 4 is 52.6 Å². The van der Waals surface area contributed by atoms with Crippen LogP contribution in [-0.2, 0) is 14.4 Å². The molecular formula is C22H25Cl2N7O3. The molecular weight excluding hydrogens is 481 g/mol. The summed E-state index contributed by atoms with van der Waals surface area (Å²) in [5, 5.41) is 6.21. The molecule has 0 bridgehead atoms. The minimum Gasteiger partial charge on any atom is -0.353 e. The zero-order chi connectivity index (χ0) is 24.1. The molecule has 0 saturated carbocycles. The number of hydrogen-bond acceptors (Lipinski definition) is 7. The number of carbonyl (C=O) groups is 3. The van der Waals surface area contributed by atoms with Crippen molar-refractivity contribution in [2.75, 3.05) is 56.0 Å². The van der Waals surface area contributed by atoms with Crippen LogP contribution in [0, 0.1) is 0 Å². The number of piperazine rings is 2. The highest BCUT2D eigenvalue weighted by Crippen LogP contribution is 2.23. The van der Waals surface area contributed by atoms with Crippen molar-refractivity contribution in [2.45, 2.75) is 12.5 Å². The van der Waals surface area contributed by atoms with Gasteiger partial charge in [-0.05, 0) is 24.3 Å². The quantitative estimate of drug-likeness (QED) is 0.607. The van der Waals surface area contributed by atoms with Crippen LogP contribution in [0.1, 0.15) is 6.42 Å². The van der Waals surface area contributed by atoms with Gasteiger partial charge in [0.05, 0.1) is 13.0 Å². The molecule has 0 spiro atoms. The van der Waals surface area contributed by atoms with E-state index in [2.05, 4.69) is 25.5 Å². The van der Waals surface area contributed by atoms with E-state index in [-0.39, 0.29) is 24.8 Å². The first kappa shape index (κ1) is 24.2. The normalized spacial score (nSPS) is 19.0. The first-order valence-electron chi connectivity index (χ1n) is 11.0. The van der Waals surface area contributed by atoms with Crippen LogP contribution in [0.15, 0.2) is 36.7 Å². The van der Waals surface area contributed by atoms with Crippen LogP contribution < -0.4 is 15.5 Å². The van der Waals surface area contributed by atoms with Crippen LogP contribution >= 0.6 is 23.2 Å². The van der Waals surface area contributed by atoms with E-state index in [4.69, 9.17) is 23.2 Å². The van der Waals surface area contributed by atoms with Gasteiger partial charge in [0.1, 0.15) is 6.04 Å². The molecule has 2 aliphatic rings. The van der Waals surface area contributed by atoms with Gasteiger partial charge in [-0.1, -0.05) is 23.2 Å². The Morgan fingerprint density at radius 2 is 1.71 bits per heavy atom. The van der Waals surface area contributed by atoms with Crippen molar-refractivity contribution in [3.8, 4) is 0 Å². The van der Waals surface area contributed by atoms with Crippen molar-refractivity contribution in [1.29, 1.82) is 0 Å². The highest BCUT2D eigenvalue weighted by Gasteiger charge is 2.35. The van der Waals surface area contributed by atoms with Gasteiger partial charge in [0.2, 0.25) is 23.7 Å². The molecule has 1 aromatic heterocycles. The van der Waals surface area contributed by atoms with Gasteiger partial charge in [-0.15, -0.1) is 0 Å². The Balaban J connectivity index is 1.33. The number of nitrogens with one attached hydrogen (secondary N) is 2. The summed E-state index contributed by atoms with van der Waals surface area (Å²) in [7, 11) is 0. The Hall–Kier alpha value is -2.95. The maximum Gasteiger partial charge on any atom is 0.243 e. The number of hydrogen-bond donors (Lipinski definition) is 2. The van der Waals surface area contributed by atoms with Crippen molar-refractivity contribution in [2.24, 2.45) is 0 Å². The minimum atomic E-state index is -0.880. The van der Waals surface area contributed by atoms with E-state index in [1.54, 1.807) is 36.7 Å². The first-order valence-corrected chi connectivity index (χ1v) is 11.7. The van der Waals surface area contributed by atoms with Crippen molar-refractivity contribution < 1.29 is 14.4 Å². The summed E-state index contributed by atoms with van der Waals surface area (Å²) < 4.78 is 0. The number of halogens is 2. The summed E-state index contributed by atoms with van der Waals surface area (Å²) >= 11 is 12.0. The molecule has 34 heavy (non-hydrogen) atoms. The Morgan fingerprint density at radius 1 is 1.03 bits per heavy atom. The standard InChI is InChI=1S/C22H25Cl2N7O3/c23-15-10-16(24)12-17(11-15)28-19(32)13-18-21(34)25-4-5-31(18)20(33)14-29-6-8-30(9-7-29)22-26-2-1-3-27-22/h1-3,10-12,18H,4-9,13-14H2,(H,25,34)(H,28,32)/t18-/m1/s1. The molecule has 3 heterocycles. The molecule has 1 atom stereocenters. The zero-order valence-electron chi connectivity index (χ0n) is 18.4. The van der Waals surface area contributed by atoms with Crippen molar-refractivity contribution in [3.05, 3.63) is 46.7 Å². The molecule has 3 amide bonds. The van der Waals surface area contributed by atoms with E-state index in [1.165, 1.54) is 4.90 Å². The fourth-order valence-electron chi connectivity index (χ4n) is 4.07. The van der Waals surface area contributed by atoms with E-state index in [9.17, 15) is 14.4 Å². The SMILES string of the molecule is O=C(C[C@@H]1C(=O)NCCN1C(=O)CN1CCN(c2ncccn2)CC1)Nc1cc(Cl)cc(Cl)c1. The van der Waals surface area contributed by atoms with Crippen LogP contribution in [0.4, 0.5) is 11.6 Å². The maximum absolute atomic E-state index is 13.1. The summed E-state index contributed by atoms with van der Waals surface area (Å²) in [5.41, 5.74) is 0.428. The number of anilines is 2. The highest BCUT2D eigenvalue weighted by molar-refractivity contribution is 6.35. The minimum absolute atomic E-state index is 0.166. The molecule has 0 unspecified atom stereocenters. The molecule has 180 valence electrons. The van der Waals surface area contributed by atoms with Gasteiger partial charge in [0.25, 0.3) is 0 Å². The summed E-state index contributed by atoms with van der Waals surface area (Å²) in [6, 6.07) is 5.58. The Bertz CT molecular complexity index is 1030. The zero-order valence-corrected chi connectivity index (χ0v) is 19.9. The third-order valence-corrected chi connectivity index (χ3v) is 6.18. The monoisotopic (exact) mass is 505 g/mol. The lowest BCUT2D eigenvalue weighted by Crippen LogP contribution is -2.60.